The molecule has 0 atom stereocenters. The minimum atomic E-state index is -0.488. The first kappa shape index (κ1) is 15.6. The van der Waals surface area contributed by atoms with Crippen molar-refractivity contribution >= 4 is 17.6 Å². The van der Waals surface area contributed by atoms with Crippen LogP contribution in [0.1, 0.15) is 5.56 Å². The van der Waals surface area contributed by atoms with Crippen LogP contribution in [0.2, 0.25) is 0 Å². The average Bonchev–Trinajstić information content (AvgIpc) is 3.06. The molecule has 0 unspecified atom stereocenters. The van der Waals surface area contributed by atoms with Gasteiger partial charge < -0.3 is 18.9 Å². The van der Waals surface area contributed by atoms with Crippen LogP contribution in [0.25, 0.3) is 0 Å². The maximum Gasteiger partial charge on any atom is 0.282 e. The normalized spacial score (nSPS) is 12.4. The molecule has 0 radical (unpaired) electrons. The number of nitro groups is 1. The van der Waals surface area contributed by atoms with Gasteiger partial charge in [-0.2, -0.15) is 0 Å². The summed E-state index contributed by atoms with van der Waals surface area (Å²) in [4.78, 5) is 15.0. The highest BCUT2D eigenvalue weighted by molar-refractivity contribution is 5.88. The van der Waals surface area contributed by atoms with Gasteiger partial charge in [0.05, 0.1) is 36.5 Å². The summed E-state index contributed by atoms with van der Waals surface area (Å²) in [5.74, 6) is 1.90. The van der Waals surface area contributed by atoms with Gasteiger partial charge in [0.25, 0.3) is 5.69 Å². The molecule has 0 N–H and O–H groups in total. The largest absolute Gasteiger partial charge is 0.493 e. The van der Waals surface area contributed by atoms with Crippen LogP contribution in [0.4, 0.5) is 11.4 Å². The van der Waals surface area contributed by atoms with E-state index >= 15 is 0 Å². The third-order valence-electron chi connectivity index (χ3n) is 3.44. The zero-order valence-electron chi connectivity index (χ0n) is 13.0. The quantitative estimate of drug-likeness (QED) is 0.475. The molecule has 1 heterocycles. The van der Waals surface area contributed by atoms with Crippen molar-refractivity contribution in [1.82, 2.24) is 0 Å². The van der Waals surface area contributed by atoms with Gasteiger partial charge in [-0.25, -0.2) is 0 Å². The van der Waals surface area contributed by atoms with Gasteiger partial charge in [0, 0.05) is 12.3 Å². The molecule has 1 aliphatic rings. The molecule has 2 aromatic rings. The first-order valence-electron chi connectivity index (χ1n) is 6.96. The number of nitro benzene ring substituents is 1. The molecule has 124 valence electrons. The lowest BCUT2D eigenvalue weighted by molar-refractivity contribution is -0.385. The van der Waals surface area contributed by atoms with E-state index in [4.69, 9.17) is 18.9 Å². The lowest BCUT2D eigenvalue weighted by Crippen LogP contribution is -1.95. The summed E-state index contributed by atoms with van der Waals surface area (Å²) in [5.41, 5.74) is 0.780. The number of rotatable bonds is 5. The summed E-state index contributed by atoms with van der Waals surface area (Å²) >= 11 is 0. The first-order valence-corrected chi connectivity index (χ1v) is 6.96. The number of benzene rings is 2. The average molecular weight is 330 g/mol. The van der Waals surface area contributed by atoms with Gasteiger partial charge in [-0.05, 0) is 18.2 Å². The summed E-state index contributed by atoms with van der Waals surface area (Å²) in [6, 6.07) is 7.97. The van der Waals surface area contributed by atoms with E-state index in [-0.39, 0.29) is 12.5 Å². The van der Waals surface area contributed by atoms with E-state index < -0.39 is 4.92 Å². The molecule has 1 aliphatic heterocycles. The van der Waals surface area contributed by atoms with E-state index in [1.165, 1.54) is 32.6 Å². The van der Waals surface area contributed by atoms with Gasteiger partial charge in [-0.3, -0.25) is 15.1 Å². The monoisotopic (exact) mass is 330 g/mol. The summed E-state index contributed by atoms with van der Waals surface area (Å²) in [6.07, 6.45) is 1.40. The molecule has 0 saturated heterocycles. The zero-order valence-corrected chi connectivity index (χ0v) is 13.0. The van der Waals surface area contributed by atoms with Crippen molar-refractivity contribution in [2.24, 2.45) is 4.99 Å². The Bertz CT molecular complexity index is 818. The van der Waals surface area contributed by atoms with Crippen molar-refractivity contribution in [2.45, 2.75) is 0 Å². The Balaban J connectivity index is 1.96. The second-order valence-electron chi connectivity index (χ2n) is 4.82. The van der Waals surface area contributed by atoms with Crippen LogP contribution in [0, 0.1) is 10.1 Å². The third-order valence-corrected chi connectivity index (χ3v) is 3.44. The van der Waals surface area contributed by atoms with E-state index in [1.54, 1.807) is 18.2 Å². The van der Waals surface area contributed by atoms with Crippen molar-refractivity contribution in [1.29, 1.82) is 0 Å². The Labute approximate surface area is 137 Å². The molecule has 24 heavy (non-hydrogen) atoms. The van der Waals surface area contributed by atoms with Crippen LogP contribution in [0.5, 0.6) is 23.0 Å². The topological polar surface area (TPSA) is 92.4 Å². The molecule has 0 aliphatic carbocycles. The molecular weight excluding hydrogens is 316 g/mol. The predicted octanol–water partition coefficient (Wildman–Crippen LogP) is 3.09. The van der Waals surface area contributed by atoms with Crippen LogP contribution in [0.3, 0.4) is 0 Å². The second kappa shape index (κ2) is 6.45. The molecule has 0 spiro atoms. The SMILES string of the molecule is COc1ccc(/N=C/c2cc3c(cc2[N+](=O)[O-])OCO3)cc1OC. The standard InChI is InChI=1S/C16H14N2O6/c1-21-13-4-3-11(6-14(13)22-2)17-8-10-5-15-16(24-9-23-15)7-12(10)18(19)20/h3-8H,9H2,1-2H3/b17-8+. The molecule has 0 aromatic heterocycles. The fourth-order valence-electron chi connectivity index (χ4n) is 2.26. The maximum atomic E-state index is 11.2. The van der Waals surface area contributed by atoms with E-state index in [9.17, 15) is 10.1 Å². The van der Waals surface area contributed by atoms with Crippen LogP contribution in [0.15, 0.2) is 35.3 Å². The van der Waals surface area contributed by atoms with Gasteiger partial charge in [-0.1, -0.05) is 0 Å². The molecule has 0 fully saturated rings. The van der Waals surface area contributed by atoms with Crippen LogP contribution < -0.4 is 18.9 Å². The number of fused-ring (bicyclic) bond motifs is 1. The number of ether oxygens (including phenoxy) is 4. The van der Waals surface area contributed by atoms with Gasteiger partial charge >= 0.3 is 0 Å². The van der Waals surface area contributed by atoms with Crippen LogP contribution >= 0.6 is 0 Å². The van der Waals surface area contributed by atoms with Crippen molar-refractivity contribution in [3.63, 3.8) is 0 Å². The maximum absolute atomic E-state index is 11.2. The highest BCUT2D eigenvalue weighted by atomic mass is 16.7. The van der Waals surface area contributed by atoms with Crippen LogP contribution in [-0.4, -0.2) is 32.2 Å². The summed E-state index contributed by atoms with van der Waals surface area (Å²) in [7, 11) is 3.06. The number of hydrogen-bond acceptors (Lipinski definition) is 7. The number of hydrogen-bond donors (Lipinski definition) is 0. The fraction of sp³-hybridized carbons (Fsp3) is 0.188. The summed E-state index contributed by atoms with van der Waals surface area (Å²) < 4.78 is 20.8. The Morgan fingerprint density at radius 1 is 1.12 bits per heavy atom. The highest BCUT2D eigenvalue weighted by Crippen LogP contribution is 2.37. The van der Waals surface area contributed by atoms with E-state index in [0.717, 1.165) is 0 Å². The molecule has 8 heteroatoms. The molecule has 2 aromatic carbocycles. The minimum absolute atomic E-state index is 0.0444. The van der Waals surface area contributed by atoms with Crippen molar-refractivity contribution in [3.8, 4) is 23.0 Å². The first-order chi connectivity index (χ1) is 11.6. The second-order valence-corrected chi connectivity index (χ2v) is 4.82. The van der Waals surface area contributed by atoms with E-state index in [2.05, 4.69) is 4.99 Å². The third kappa shape index (κ3) is 2.94. The highest BCUT2D eigenvalue weighted by Gasteiger charge is 2.22. The van der Waals surface area contributed by atoms with E-state index in [1.807, 2.05) is 0 Å². The lowest BCUT2D eigenvalue weighted by atomic mass is 10.1. The Hall–Kier alpha value is -3.29. The van der Waals surface area contributed by atoms with Gasteiger partial charge in [0.1, 0.15) is 0 Å². The Morgan fingerprint density at radius 3 is 2.50 bits per heavy atom. The van der Waals surface area contributed by atoms with Crippen molar-refractivity contribution in [2.75, 3.05) is 21.0 Å². The Kier molecular flexibility index (Phi) is 4.19. The predicted molar refractivity (Wildman–Crippen MR) is 86.0 cm³/mol. The minimum Gasteiger partial charge on any atom is -0.493 e. The number of aliphatic imine (C=N–C) groups is 1. The van der Waals surface area contributed by atoms with Crippen LogP contribution in [-0.2, 0) is 0 Å². The fourth-order valence-corrected chi connectivity index (χ4v) is 2.26. The smallest absolute Gasteiger partial charge is 0.282 e. The van der Waals surface area contributed by atoms with Gasteiger partial charge in [-0.15, -0.1) is 0 Å². The lowest BCUT2D eigenvalue weighted by Gasteiger charge is -2.07. The van der Waals surface area contributed by atoms with Crippen molar-refractivity contribution < 1.29 is 23.9 Å². The zero-order chi connectivity index (χ0) is 17.1. The molecular formula is C16H14N2O6. The molecule has 0 saturated carbocycles. The van der Waals surface area contributed by atoms with Crippen molar-refractivity contribution in [3.05, 3.63) is 46.0 Å². The Morgan fingerprint density at radius 2 is 1.83 bits per heavy atom. The molecule has 8 nitrogen and oxygen atoms in total. The number of nitrogens with zero attached hydrogens (tertiary/aromatic N) is 2. The van der Waals surface area contributed by atoms with Gasteiger partial charge in [0.2, 0.25) is 6.79 Å². The molecule has 0 amide bonds. The molecule has 3 rings (SSSR count). The summed E-state index contributed by atoms with van der Waals surface area (Å²) in [6.45, 7) is 0.0444. The van der Waals surface area contributed by atoms with E-state index in [0.29, 0.717) is 34.2 Å². The van der Waals surface area contributed by atoms with Gasteiger partial charge in [0.15, 0.2) is 23.0 Å². The number of methoxy groups -OCH3 is 2. The molecule has 0 bridgehead atoms. The summed E-state index contributed by atoms with van der Waals surface area (Å²) in [5, 5.41) is 11.2.